The van der Waals surface area contributed by atoms with Crippen LogP contribution >= 0.6 is 22.6 Å². The summed E-state index contributed by atoms with van der Waals surface area (Å²) in [6, 6.07) is 14.2. The minimum Gasteiger partial charge on any atom is -0.376 e. The van der Waals surface area contributed by atoms with Crippen molar-refractivity contribution in [1.29, 1.82) is 0 Å². The molecule has 27 heavy (non-hydrogen) atoms. The standard InChI is InChI=1S/C19H22IN3O3S/c20-17-9-2-3-10-18(17)22-19(24)14-21-15-7-6-8-16(13-15)27(25,26)23-11-4-1-5-12-23/h2-3,6-10,13,21H,1,4-5,11-12,14H2,(H,22,24). The second-order valence-corrected chi connectivity index (χ2v) is 9.47. The van der Waals surface area contributed by atoms with E-state index in [1.165, 1.54) is 0 Å². The molecule has 0 saturated carbocycles. The number of benzene rings is 2. The molecular formula is C19H22IN3O3S. The van der Waals surface area contributed by atoms with E-state index in [1.54, 1.807) is 28.6 Å². The third kappa shape index (κ3) is 5.20. The fourth-order valence-electron chi connectivity index (χ4n) is 2.96. The number of hydrogen-bond donors (Lipinski definition) is 2. The van der Waals surface area contributed by atoms with Gasteiger partial charge in [-0.15, -0.1) is 0 Å². The first-order valence-corrected chi connectivity index (χ1v) is 11.4. The number of para-hydroxylation sites is 1. The fourth-order valence-corrected chi connectivity index (χ4v) is 5.05. The Balaban J connectivity index is 1.64. The molecule has 2 N–H and O–H groups in total. The molecule has 1 fully saturated rings. The van der Waals surface area contributed by atoms with Gasteiger partial charge in [-0.1, -0.05) is 24.6 Å². The van der Waals surface area contributed by atoms with Crippen molar-refractivity contribution in [3.8, 4) is 0 Å². The monoisotopic (exact) mass is 499 g/mol. The molecule has 1 aliphatic rings. The molecule has 0 aliphatic carbocycles. The summed E-state index contributed by atoms with van der Waals surface area (Å²) in [5.74, 6) is -0.191. The van der Waals surface area contributed by atoms with Crippen molar-refractivity contribution in [3.05, 3.63) is 52.1 Å². The molecule has 0 spiro atoms. The lowest BCUT2D eigenvalue weighted by Gasteiger charge is -2.26. The molecule has 0 radical (unpaired) electrons. The van der Waals surface area contributed by atoms with Gasteiger partial charge in [0.1, 0.15) is 0 Å². The number of piperidine rings is 1. The summed E-state index contributed by atoms with van der Waals surface area (Å²) >= 11 is 2.16. The quantitative estimate of drug-likeness (QED) is 0.597. The lowest BCUT2D eigenvalue weighted by atomic mass is 10.2. The van der Waals surface area contributed by atoms with Crippen molar-refractivity contribution >= 4 is 49.9 Å². The molecule has 2 aromatic rings. The Hall–Kier alpha value is -1.65. The van der Waals surface area contributed by atoms with Crippen LogP contribution < -0.4 is 10.6 Å². The van der Waals surface area contributed by atoms with Crippen molar-refractivity contribution < 1.29 is 13.2 Å². The van der Waals surface area contributed by atoms with Gasteiger partial charge in [-0.3, -0.25) is 4.79 Å². The van der Waals surface area contributed by atoms with Gasteiger partial charge in [0.15, 0.2) is 0 Å². The van der Waals surface area contributed by atoms with Gasteiger partial charge in [-0.25, -0.2) is 8.42 Å². The smallest absolute Gasteiger partial charge is 0.243 e. The highest BCUT2D eigenvalue weighted by molar-refractivity contribution is 14.1. The van der Waals surface area contributed by atoms with Crippen molar-refractivity contribution in [2.45, 2.75) is 24.2 Å². The first kappa shape index (κ1) is 20.1. The van der Waals surface area contributed by atoms with Crippen LogP contribution in [-0.4, -0.2) is 38.3 Å². The van der Waals surface area contributed by atoms with Crippen LogP contribution in [0.4, 0.5) is 11.4 Å². The van der Waals surface area contributed by atoms with Crippen LogP contribution in [0.1, 0.15) is 19.3 Å². The van der Waals surface area contributed by atoms with Crippen molar-refractivity contribution in [2.24, 2.45) is 0 Å². The molecule has 2 aromatic carbocycles. The third-order valence-electron chi connectivity index (χ3n) is 4.39. The van der Waals surface area contributed by atoms with Crippen LogP contribution in [0.25, 0.3) is 0 Å². The number of anilines is 2. The number of amides is 1. The first-order valence-electron chi connectivity index (χ1n) is 8.85. The predicted molar refractivity (Wildman–Crippen MR) is 115 cm³/mol. The Bertz CT molecular complexity index is 912. The van der Waals surface area contributed by atoms with Gasteiger partial charge >= 0.3 is 0 Å². The number of nitrogens with one attached hydrogen (secondary N) is 2. The maximum atomic E-state index is 12.8. The van der Waals surface area contributed by atoms with Gasteiger partial charge in [0, 0.05) is 22.3 Å². The SMILES string of the molecule is O=C(CNc1cccc(S(=O)(=O)N2CCCCC2)c1)Nc1ccccc1I. The molecule has 1 amide bonds. The minimum atomic E-state index is -3.49. The average molecular weight is 499 g/mol. The number of sulfonamides is 1. The maximum absolute atomic E-state index is 12.8. The highest BCUT2D eigenvalue weighted by atomic mass is 127. The Labute approximate surface area is 173 Å². The summed E-state index contributed by atoms with van der Waals surface area (Å²) < 4.78 is 28.0. The minimum absolute atomic E-state index is 0.0538. The predicted octanol–water partition coefficient (Wildman–Crippen LogP) is 3.52. The van der Waals surface area contributed by atoms with Crippen molar-refractivity contribution in [1.82, 2.24) is 4.31 Å². The molecule has 1 heterocycles. The van der Waals surface area contributed by atoms with Crippen LogP contribution in [0.2, 0.25) is 0 Å². The second kappa shape index (κ2) is 9.03. The number of carbonyl (C=O) groups excluding carboxylic acids is 1. The summed E-state index contributed by atoms with van der Waals surface area (Å²) in [6.07, 6.45) is 2.87. The van der Waals surface area contributed by atoms with Gasteiger partial charge in [0.05, 0.1) is 17.1 Å². The van der Waals surface area contributed by atoms with Crippen molar-refractivity contribution in [3.63, 3.8) is 0 Å². The van der Waals surface area contributed by atoms with E-state index in [4.69, 9.17) is 0 Å². The van der Waals surface area contributed by atoms with Gasteiger partial charge in [-0.05, 0) is 65.8 Å². The Kier molecular flexibility index (Phi) is 6.72. The number of halogens is 1. The molecular weight excluding hydrogens is 477 g/mol. The van der Waals surface area contributed by atoms with E-state index in [9.17, 15) is 13.2 Å². The van der Waals surface area contributed by atoms with E-state index < -0.39 is 10.0 Å². The average Bonchev–Trinajstić information content (AvgIpc) is 2.69. The van der Waals surface area contributed by atoms with E-state index in [0.29, 0.717) is 18.8 Å². The summed E-state index contributed by atoms with van der Waals surface area (Å²) in [4.78, 5) is 12.4. The summed E-state index contributed by atoms with van der Waals surface area (Å²) in [5.41, 5.74) is 1.36. The van der Waals surface area contributed by atoms with Gasteiger partial charge in [0.25, 0.3) is 0 Å². The second-order valence-electron chi connectivity index (χ2n) is 6.37. The number of carbonyl (C=O) groups is 1. The molecule has 0 unspecified atom stereocenters. The normalized spacial score (nSPS) is 15.3. The Morgan fingerprint density at radius 2 is 1.78 bits per heavy atom. The van der Waals surface area contributed by atoms with Gasteiger partial charge < -0.3 is 10.6 Å². The van der Waals surface area contributed by atoms with E-state index >= 15 is 0 Å². The van der Waals surface area contributed by atoms with E-state index in [-0.39, 0.29) is 17.3 Å². The highest BCUT2D eigenvalue weighted by Crippen LogP contribution is 2.23. The molecule has 1 saturated heterocycles. The van der Waals surface area contributed by atoms with Gasteiger partial charge in [-0.2, -0.15) is 4.31 Å². The maximum Gasteiger partial charge on any atom is 0.243 e. The molecule has 0 bridgehead atoms. The van der Waals surface area contributed by atoms with E-state index in [2.05, 4.69) is 33.2 Å². The third-order valence-corrected chi connectivity index (χ3v) is 7.22. The zero-order valence-electron chi connectivity index (χ0n) is 14.8. The Morgan fingerprint density at radius 3 is 2.52 bits per heavy atom. The van der Waals surface area contributed by atoms with Crippen LogP contribution in [0.5, 0.6) is 0 Å². The number of rotatable bonds is 6. The highest BCUT2D eigenvalue weighted by Gasteiger charge is 2.25. The fraction of sp³-hybridized carbons (Fsp3) is 0.316. The molecule has 8 heteroatoms. The Morgan fingerprint density at radius 1 is 1.04 bits per heavy atom. The number of hydrogen-bond acceptors (Lipinski definition) is 4. The van der Waals surface area contributed by atoms with Crippen LogP contribution in [0.3, 0.4) is 0 Å². The first-order chi connectivity index (χ1) is 13.0. The van der Waals surface area contributed by atoms with E-state index in [0.717, 1.165) is 28.5 Å². The van der Waals surface area contributed by atoms with Crippen molar-refractivity contribution in [2.75, 3.05) is 30.3 Å². The van der Waals surface area contributed by atoms with Crippen LogP contribution in [0, 0.1) is 3.57 Å². The molecule has 6 nitrogen and oxygen atoms in total. The largest absolute Gasteiger partial charge is 0.376 e. The zero-order chi connectivity index (χ0) is 19.3. The molecule has 0 atom stereocenters. The zero-order valence-corrected chi connectivity index (χ0v) is 17.8. The molecule has 1 aliphatic heterocycles. The molecule has 144 valence electrons. The lowest BCUT2D eigenvalue weighted by Crippen LogP contribution is -2.35. The van der Waals surface area contributed by atoms with Crippen LogP contribution in [0.15, 0.2) is 53.4 Å². The van der Waals surface area contributed by atoms with Crippen LogP contribution in [-0.2, 0) is 14.8 Å². The topological polar surface area (TPSA) is 78.5 Å². The molecule has 0 aromatic heterocycles. The lowest BCUT2D eigenvalue weighted by molar-refractivity contribution is -0.114. The van der Waals surface area contributed by atoms with E-state index in [1.807, 2.05) is 24.3 Å². The summed E-state index contributed by atoms with van der Waals surface area (Å²) in [5, 5.41) is 5.84. The number of nitrogens with zero attached hydrogens (tertiary/aromatic N) is 1. The summed E-state index contributed by atoms with van der Waals surface area (Å²) in [7, 11) is -3.49. The summed E-state index contributed by atoms with van der Waals surface area (Å²) in [6.45, 7) is 1.19. The van der Waals surface area contributed by atoms with Gasteiger partial charge in [0.2, 0.25) is 15.9 Å². The molecule has 3 rings (SSSR count).